The zero-order valence-electron chi connectivity index (χ0n) is 9.35. The Morgan fingerprint density at radius 2 is 1.88 bits per heavy atom. The van der Waals surface area contributed by atoms with E-state index in [9.17, 15) is 0 Å². The van der Waals surface area contributed by atoms with Crippen molar-refractivity contribution in [3.05, 3.63) is 59.7 Å². The number of nitrogen functional groups attached to an aromatic ring is 1. The highest BCUT2D eigenvalue weighted by molar-refractivity contribution is 5.68. The number of hydrogen-bond acceptors (Lipinski definition) is 3. The van der Waals surface area contributed by atoms with Gasteiger partial charge in [-0.1, -0.05) is 30.3 Å². The van der Waals surface area contributed by atoms with Crippen LogP contribution >= 0.6 is 0 Å². The quantitative estimate of drug-likeness (QED) is 0.786. The smallest absolute Gasteiger partial charge is 0.0992 e. The molecule has 3 nitrogen and oxygen atoms in total. The van der Waals surface area contributed by atoms with Crippen molar-refractivity contribution in [2.45, 2.75) is 6.54 Å². The third-order valence-corrected chi connectivity index (χ3v) is 2.51. The summed E-state index contributed by atoms with van der Waals surface area (Å²) < 4.78 is 0. The molecule has 0 atom stereocenters. The van der Waals surface area contributed by atoms with Crippen LogP contribution in [0.4, 0.5) is 11.4 Å². The number of nitrogens with zero attached hydrogens (tertiary/aromatic N) is 1. The molecule has 0 spiro atoms. The van der Waals surface area contributed by atoms with E-state index >= 15 is 0 Å². The molecule has 0 aliphatic carbocycles. The first kappa shape index (κ1) is 11.0. The second-order valence-electron chi connectivity index (χ2n) is 3.75. The Kier molecular flexibility index (Phi) is 3.27. The zero-order chi connectivity index (χ0) is 12.1. The van der Waals surface area contributed by atoms with Gasteiger partial charge in [0.1, 0.15) is 0 Å². The van der Waals surface area contributed by atoms with Gasteiger partial charge in [-0.25, -0.2) is 0 Å². The molecule has 2 aromatic rings. The van der Waals surface area contributed by atoms with Crippen LogP contribution in [-0.4, -0.2) is 0 Å². The van der Waals surface area contributed by atoms with Gasteiger partial charge in [0.25, 0.3) is 0 Å². The lowest BCUT2D eigenvalue weighted by molar-refractivity contribution is 1.15. The van der Waals surface area contributed by atoms with E-state index in [0.29, 0.717) is 17.8 Å². The van der Waals surface area contributed by atoms with Crippen molar-refractivity contribution in [3.8, 4) is 6.07 Å². The summed E-state index contributed by atoms with van der Waals surface area (Å²) in [5.74, 6) is 0. The number of nitrogens with one attached hydrogen (secondary N) is 1. The molecule has 17 heavy (non-hydrogen) atoms. The molecule has 3 heteroatoms. The lowest BCUT2D eigenvalue weighted by atomic mass is 10.1. The molecule has 2 rings (SSSR count). The fraction of sp³-hybridized carbons (Fsp3) is 0.0714. The van der Waals surface area contributed by atoms with Gasteiger partial charge in [0.05, 0.1) is 23.0 Å². The van der Waals surface area contributed by atoms with Crippen LogP contribution in [0.25, 0.3) is 0 Å². The first-order valence-electron chi connectivity index (χ1n) is 5.37. The summed E-state index contributed by atoms with van der Waals surface area (Å²) in [6.45, 7) is 0.694. The van der Waals surface area contributed by atoms with Gasteiger partial charge in [-0.2, -0.15) is 5.26 Å². The molecule has 0 aliphatic heterocycles. The molecule has 0 heterocycles. The van der Waals surface area contributed by atoms with Crippen molar-refractivity contribution in [1.82, 2.24) is 0 Å². The van der Waals surface area contributed by atoms with E-state index in [4.69, 9.17) is 11.0 Å². The minimum atomic E-state index is 0.606. The van der Waals surface area contributed by atoms with Crippen LogP contribution in [0.1, 0.15) is 11.1 Å². The Hall–Kier alpha value is -2.47. The highest BCUT2D eigenvalue weighted by Crippen LogP contribution is 2.20. The summed E-state index contributed by atoms with van der Waals surface area (Å²) in [4.78, 5) is 0. The molecule has 84 valence electrons. The molecule has 3 N–H and O–H groups in total. The van der Waals surface area contributed by atoms with Gasteiger partial charge in [-0.05, 0) is 23.8 Å². The Labute approximate surface area is 101 Å². The molecule has 0 amide bonds. The standard InChI is InChI=1S/C14H13N3/c15-9-12-6-7-13(16)14(8-12)17-10-11-4-2-1-3-5-11/h1-8,17H,10,16H2. The van der Waals surface area contributed by atoms with Gasteiger partial charge in [-0.15, -0.1) is 0 Å². The van der Waals surface area contributed by atoms with Crippen LogP contribution in [0, 0.1) is 11.3 Å². The number of nitriles is 1. The second-order valence-corrected chi connectivity index (χ2v) is 3.75. The van der Waals surface area contributed by atoms with E-state index in [1.165, 1.54) is 5.56 Å². The predicted molar refractivity (Wildman–Crippen MR) is 69.3 cm³/mol. The minimum absolute atomic E-state index is 0.606. The van der Waals surface area contributed by atoms with E-state index < -0.39 is 0 Å². The first-order valence-corrected chi connectivity index (χ1v) is 5.37. The van der Waals surface area contributed by atoms with Gasteiger partial charge in [0.15, 0.2) is 0 Å². The van der Waals surface area contributed by atoms with Gasteiger partial charge in [0.2, 0.25) is 0 Å². The molecule has 0 fully saturated rings. The highest BCUT2D eigenvalue weighted by atomic mass is 14.9. The monoisotopic (exact) mass is 223 g/mol. The van der Waals surface area contributed by atoms with Crippen molar-refractivity contribution in [2.24, 2.45) is 0 Å². The number of anilines is 2. The lowest BCUT2D eigenvalue weighted by Crippen LogP contribution is -2.02. The molecule has 0 bridgehead atoms. The van der Waals surface area contributed by atoms with Crippen LogP contribution in [0.5, 0.6) is 0 Å². The summed E-state index contributed by atoms with van der Waals surface area (Å²) >= 11 is 0. The third-order valence-electron chi connectivity index (χ3n) is 2.51. The summed E-state index contributed by atoms with van der Waals surface area (Å²) in [6.07, 6.45) is 0. The van der Waals surface area contributed by atoms with Gasteiger partial charge in [0, 0.05) is 6.54 Å². The maximum atomic E-state index is 8.82. The van der Waals surface area contributed by atoms with Crippen LogP contribution in [0.15, 0.2) is 48.5 Å². The SMILES string of the molecule is N#Cc1ccc(N)c(NCc2ccccc2)c1. The molecule has 0 saturated heterocycles. The number of benzene rings is 2. The highest BCUT2D eigenvalue weighted by Gasteiger charge is 2.00. The Balaban J connectivity index is 2.12. The molecule has 0 saturated carbocycles. The summed E-state index contributed by atoms with van der Waals surface area (Å²) in [7, 11) is 0. The average molecular weight is 223 g/mol. The van der Waals surface area contributed by atoms with Crippen molar-refractivity contribution >= 4 is 11.4 Å². The van der Waals surface area contributed by atoms with E-state index in [1.54, 1.807) is 18.2 Å². The molecule has 0 aromatic heterocycles. The number of nitrogens with two attached hydrogens (primary N) is 1. The predicted octanol–water partition coefficient (Wildman–Crippen LogP) is 2.75. The van der Waals surface area contributed by atoms with Crippen molar-refractivity contribution in [3.63, 3.8) is 0 Å². The second kappa shape index (κ2) is 5.04. The topological polar surface area (TPSA) is 61.8 Å². The summed E-state index contributed by atoms with van der Waals surface area (Å²) in [5.41, 5.74) is 9.07. The Bertz CT molecular complexity index is 541. The van der Waals surface area contributed by atoms with E-state index in [1.807, 2.05) is 30.3 Å². The Morgan fingerprint density at radius 3 is 2.59 bits per heavy atom. The number of rotatable bonds is 3. The normalized spacial score (nSPS) is 9.59. The molecular formula is C14H13N3. The molecule has 0 radical (unpaired) electrons. The van der Waals surface area contributed by atoms with Gasteiger partial charge >= 0.3 is 0 Å². The molecule has 0 aliphatic rings. The maximum absolute atomic E-state index is 8.82. The fourth-order valence-corrected chi connectivity index (χ4v) is 1.57. The zero-order valence-corrected chi connectivity index (χ0v) is 9.35. The largest absolute Gasteiger partial charge is 0.397 e. The van der Waals surface area contributed by atoms with Crippen molar-refractivity contribution < 1.29 is 0 Å². The van der Waals surface area contributed by atoms with E-state index in [0.717, 1.165) is 5.69 Å². The summed E-state index contributed by atoms with van der Waals surface area (Å²) in [6, 6.07) is 17.4. The molecule has 2 aromatic carbocycles. The molecule has 0 unspecified atom stereocenters. The van der Waals surface area contributed by atoms with Gasteiger partial charge < -0.3 is 11.1 Å². The molecular weight excluding hydrogens is 210 g/mol. The van der Waals surface area contributed by atoms with E-state index in [2.05, 4.69) is 11.4 Å². The maximum Gasteiger partial charge on any atom is 0.0992 e. The Morgan fingerprint density at radius 1 is 1.12 bits per heavy atom. The van der Waals surface area contributed by atoms with Crippen LogP contribution in [-0.2, 0) is 6.54 Å². The van der Waals surface area contributed by atoms with Gasteiger partial charge in [-0.3, -0.25) is 0 Å². The van der Waals surface area contributed by atoms with Crippen LogP contribution in [0.2, 0.25) is 0 Å². The number of hydrogen-bond donors (Lipinski definition) is 2. The van der Waals surface area contributed by atoms with E-state index in [-0.39, 0.29) is 0 Å². The summed E-state index contributed by atoms with van der Waals surface area (Å²) in [5, 5.41) is 12.0. The lowest BCUT2D eigenvalue weighted by Gasteiger charge is -2.09. The average Bonchev–Trinajstić information content (AvgIpc) is 2.39. The minimum Gasteiger partial charge on any atom is -0.397 e. The van der Waals surface area contributed by atoms with Crippen molar-refractivity contribution in [1.29, 1.82) is 5.26 Å². The van der Waals surface area contributed by atoms with Crippen LogP contribution in [0.3, 0.4) is 0 Å². The third kappa shape index (κ3) is 2.76. The van der Waals surface area contributed by atoms with Crippen molar-refractivity contribution in [2.75, 3.05) is 11.1 Å². The first-order chi connectivity index (χ1) is 8.29. The van der Waals surface area contributed by atoms with Crippen LogP contribution < -0.4 is 11.1 Å². The fourth-order valence-electron chi connectivity index (χ4n) is 1.57.